The highest BCUT2D eigenvalue weighted by molar-refractivity contribution is 7.29. The van der Waals surface area contributed by atoms with E-state index in [0.29, 0.717) is 11.1 Å². The molecule has 0 spiro atoms. The van der Waals surface area contributed by atoms with Gasteiger partial charge in [-0.15, -0.1) is 68.0 Å². The number of nitrogens with zero attached hydrogens (tertiary/aromatic N) is 2. The molecule has 0 saturated heterocycles. The molecular weight excluding hydrogens is 1330 g/mol. The number of hydrogen-bond donors (Lipinski definition) is 0. The molecular formula is C88H111FN2S7. The van der Waals surface area contributed by atoms with E-state index >= 15 is 4.39 Å². The third-order valence-corrected chi connectivity index (χ3v) is 28.4. The Bertz CT molecular complexity index is 3980. The van der Waals surface area contributed by atoms with Gasteiger partial charge in [0, 0.05) is 85.6 Å². The molecule has 522 valence electrons. The standard InChI is InChI=1S/C88H111FN2S7/c1-6-11-16-21-24-25-26-27-30-37-50-67-59-79(96-86(67)66-48-40-32-41-49-66)70-60-73(89)83(85-84(70)90-98-91-85)77-56-55-74(94-77)80-62-72-82(76-54-52-69(93-76)58-64(43-34-20-15-10-5)45-36-29-23-18-13-8-3)87-71(61-78(95-87)65-46-38-31-39-47-65)81(88(72)97-80)75-53-51-68(92-75)57-63(42-33-19-14-9-4)44-35-28-22-17-12-7-2/h31-32,38-41,46-49,51-56,59-64H,6-30,33-37,42-45,50,57-58H2,1-5H3. The summed E-state index contributed by atoms with van der Waals surface area (Å²) < 4.78 is 30.2. The van der Waals surface area contributed by atoms with Crippen LogP contribution in [0.15, 0.2) is 121 Å². The molecule has 7 heterocycles. The smallest absolute Gasteiger partial charge is 0.134 e. The van der Waals surface area contributed by atoms with Crippen LogP contribution in [0.3, 0.4) is 0 Å². The average molecular weight is 1440 g/mol. The number of unbranched alkanes of at least 4 members (excludes halogenated alkanes) is 25. The van der Waals surface area contributed by atoms with Crippen molar-refractivity contribution in [3.8, 4) is 72.4 Å². The zero-order chi connectivity index (χ0) is 67.7. The lowest BCUT2D eigenvalue weighted by molar-refractivity contribution is 0.404. The van der Waals surface area contributed by atoms with Crippen LogP contribution in [0.25, 0.3) is 104 Å². The second-order valence-electron chi connectivity index (χ2n) is 28.5. The fourth-order valence-corrected chi connectivity index (χ4v) is 23.0. The molecule has 11 rings (SSSR count). The van der Waals surface area contributed by atoms with Gasteiger partial charge in [0.15, 0.2) is 0 Å². The predicted octanol–water partition coefficient (Wildman–Crippen LogP) is 32.4. The second-order valence-corrected chi connectivity index (χ2v) is 35.6. The molecule has 0 aliphatic heterocycles. The topological polar surface area (TPSA) is 25.8 Å². The second kappa shape index (κ2) is 39.7. The Morgan fingerprint density at radius 1 is 0.337 bits per heavy atom. The van der Waals surface area contributed by atoms with Crippen molar-refractivity contribution in [2.75, 3.05) is 0 Å². The van der Waals surface area contributed by atoms with E-state index in [0.717, 1.165) is 50.4 Å². The normalized spacial score (nSPS) is 12.6. The monoisotopic (exact) mass is 1440 g/mol. The van der Waals surface area contributed by atoms with Gasteiger partial charge in [-0.3, -0.25) is 0 Å². The van der Waals surface area contributed by atoms with Gasteiger partial charge in [0.05, 0.1) is 17.3 Å². The largest absolute Gasteiger partial charge is 0.206 e. The number of hydrogen-bond acceptors (Lipinski definition) is 9. The van der Waals surface area contributed by atoms with Crippen LogP contribution in [0.4, 0.5) is 4.39 Å². The Labute approximate surface area is 617 Å². The lowest BCUT2D eigenvalue weighted by atomic mass is 9.91. The maximum Gasteiger partial charge on any atom is 0.134 e. The van der Waals surface area contributed by atoms with E-state index in [4.69, 9.17) is 8.75 Å². The highest BCUT2D eigenvalue weighted by Gasteiger charge is 2.28. The van der Waals surface area contributed by atoms with Crippen molar-refractivity contribution in [1.82, 2.24) is 8.75 Å². The van der Waals surface area contributed by atoms with Crippen molar-refractivity contribution in [2.24, 2.45) is 11.8 Å². The molecule has 11 aromatic rings. The van der Waals surface area contributed by atoms with Gasteiger partial charge in [0.25, 0.3) is 0 Å². The Hall–Kier alpha value is -4.65. The van der Waals surface area contributed by atoms with Crippen molar-refractivity contribution in [3.05, 3.63) is 142 Å². The highest BCUT2D eigenvalue weighted by Crippen LogP contribution is 2.56. The van der Waals surface area contributed by atoms with E-state index in [2.05, 4.69) is 173 Å². The molecule has 0 N–H and O–H groups in total. The third kappa shape index (κ3) is 20.2. The van der Waals surface area contributed by atoms with Crippen molar-refractivity contribution in [1.29, 1.82) is 0 Å². The van der Waals surface area contributed by atoms with Crippen molar-refractivity contribution >= 4 is 111 Å². The first-order valence-electron chi connectivity index (χ1n) is 38.9. The zero-order valence-electron chi connectivity index (χ0n) is 60.0. The Morgan fingerprint density at radius 2 is 0.755 bits per heavy atom. The summed E-state index contributed by atoms with van der Waals surface area (Å²) in [6.45, 7) is 11.6. The number of aryl methyl sites for hydroxylation is 1. The minimum Gasteiger partial charge on any atom is -0.206 e. The molecule has 0 radical (unpaired) electrons. The average Bonchev–Trinajstić information content (AvgIpc) is 1.56. The van der Waals surface area contributed by atoms with Crippen molar-refractivity contribution in [2.45, 2.75) is 272 Å². The molecule has 0 aliphatic carbocycles. The lowest BCUT2D eigenvalue weighted by Crippen LogP contribution is -2.04. The Morgan fingerprint density at radius 3 is 1.28 bits per heavy atom. The first-order valence-corrected chi connectivity index (χ1v) is 44.5. The van der Waals surface area contributed by atoms with Crippen LogP contribution in [0.5, 0.6) is 0 Å². The third-order valence-electron chi connectivity index (χ3n) is 20.7. The molecule has 0 amide bonds. The van der Waals surface area contributed by atoms with Crippen molar-refractivity contribution in [3.63, 3.8) is 0 Å². The molecule has 2 atom stereocenters. The lowest BCUT2D eigenvalue weighted by Gasteiger charge is -2.16. The van der Waals surface area contributed by atoms with E-state index in [1.807, 2.05) is 22.7 Å². The van der Waals surface area contributed by atoms with Crippen LogP contribution in [0, 0.1) is 17.7 Å². The summed E-state index contributed by atoms with van der Waals surface area (Å²) in [6, 6.07) is 45.5. The predicted molar refractivity (Wildman–Crippen MR) is 441 cm³/mol. The molecule has 98 heavy (non-hydrogen) atoms. The van der Waals surface area contributed by atoms with Gasteiger partial charge in [-0.05, 0) is 115 Å². The zero-order valence-corrected chi connectivity index (χ0v) is 65.7. The number of rotatable bonds is 46. The summed E-state index contributed by atoms with van der Waals surface area (Å²) >= 11 is 12.7. The number of halogens is 1. The summed E-state index contributed by atoms with van der Waals surface area (Å²) in [7, 11) is 0. The van der Waals surface area contributed by atoms with E-state index < -0.39 is 0 Å². The van der Waals surface area contributed by atoms with E-state index in [9.17, 15) is 0 Å². The first-order chi connectivity index (χ1) is 48.4. The Kier molecular flexibility index (Phi) is 30.2. The molecule has 0 bridgehead atoms. The summed E-state index contributed by atoms with van der Waals surface area (Å²) in [4.78, 5) is 12.8. The van der Waals surface area contributed by atoms with Crippen LogP contribution < -0.4 is 0 Å². The SMILES string of the molecule is CCCCCCCCCCCCc1cc(-c2cc(F)c(-c3ccc(-c4cc5c(-c6ccc(CC(CCCCCC)CCCCCCCC)s6)c6sc(-c7ccccc7)cc6c(-c6ccc(CC(CCCCCC)CCCCCCCC)s6)c5s4)s3)c3nsnc23)sc1-c1ccccc1. The van der Waals surface area contributed by atoms with Crippen LogP contribution in [-0.4, -0.2) is 8.75 Å². The maximum atomic E-state index is 17.6. The quantitative estimate of drug-likeness (QED) is 0.0355. The van der Waals surface area contributed by atoms with Gasteiger partial charge in [0.1, 0.15) is 16.9 Å². The summed E-state index contributed by atoms with van der Waals surface area (Å²) in [5, 5.41) is 2.71. The molecule has 10 heteroatoms. The number of fused-ring (bicyclic) bond motifs is 3. The van der Waals surface area contributed by atoms with E-state index in [1.54, 1.807) is 28.7 Å². The molecule has 2 unspecified atom stereocenters. The minimum absolute atomic E-state index is 0.234. The van der Waals surface area contributed by atoms with Gasteiger partial charge >= 0.3 is 0 Å². The minimum atomic E-state index is -0.234. The summed E-state index contributed by atoms with van der Waals surface area (Å²) in [6.07, 6.45) is 48.7. The fourth-order valence-electron chi connectivity index (χ4n) is 15.1. The first kappa shape index (κ1) is 74.5. The molecule has 4 aromatic carbocycles. The van der Waals surface area contributed by atoms with Crippen LogP contribution in [0.1, 0.15) is 268 Å². The molecule has 7 aromatic heterocycles. The van der Waals surface area contributed by atoms with Crippen molar-refractivity contribution < 1.29 is 4.39 Å². The Balaban J connectivity index is 0.961. The van der Waals surface area contributed by atoms with Crippen LogP contribution in [0.2, 0.25) is 0 Å². The van der Waals surface area contributed by atoms with Crippen LogP contribution in [-0.2, 0) is 19.3 Å². The molecule has 0 aliphatic rings. The summed E-state index contributed by atoms with van der Waals surface area (Å²) in [5.74, 6) is 1.20. The van der Waals surface area contributed by atoms with Gasteiger partial charge in [-0.25, -0.2) is 4.39 Å². The van der Waals surface area contributed by atoms with Crippen LogP contribution >= 0.6 is 79.7 Å². The molecule has 0 saturated carbocycles. The van der Waals surface area contributed by atoms with Gasteiger partial charge in [-0.2, -0.15) is 8.75 Å². The van der Waals surface area contributed by atoms with Gasteiger partial charge < -0.3 is 0 Å². The number of benzene rings is 4. The van der Waals surface area contributed by atoms with Gasteiger partial charge in [0.2, 0.25) is 0 Å². The molecule has 0 fully saturated rings. The maximum absolute atomic E-state index is 17.6. The highest BCUT2D eigenvalue weighted by atomic mass is 32.1. The van der Waals surface area contributed by atoms with E-state index in [1.165, 1.54) is 319 Å². The molecule has 2 nitrogen and oxygen atoms in total. The number of thiophene rings is 6. The fraction of sp³-hybridized carbons (Fsp3) is 0.500. The van der Waals surface area contributed by atoms with Gasteiger partial charge in [-0.1, -0.05) is 307 Å². The number of aromatic nitrogens is 2. The van der Waals surface area contributed by atoms with E-state index in [-0.39, 0.29) is 5.82 Å². The summed E-state index contributed by atoms with van der Waals surface area (Å²) in [5.41, 5.74) is 9.48.